The van der Waals surface area contributed by atoms with E-state index in [0.717, 1.165) is 29.7 Å². The Bertz CT molecular complexity index is 1180. The first-order valence-electron chi connectivity index (χ1n) is 10.2. The number of fused-ring (bicyclic) bond motifs is 3. The molecule has 1 amide bonds. The number of halogens is 1. The van der Waals surface area contributed by atoms with Crippen molar-refractivity contribution in [3.63, 3.8) is 0 Å². The summed E-state index contributed by atoms with van der Waals surface area (Å²) in [6.45, 7) is 8.54. The van der Waals surface area contributed by atoms with Crippen molar-refractivity contribution in [2.45, 2.75) is 53.0 Å². The fourth-order valence-electron chi connectivity index (χ4n) is 4.12. The molecule has 2 aromatic heterocycles. The molecule has 1 aromatic carbocycles. The number of thiophene rings is 1. The Kier molecular flexibility index (Phi) is 5.49. The molecule has 1 N–H and O–H groups in total. The SMILES string of the molecule is CC(C(=O)Nc1ccccc1Cl)n1cnc2sc3c(c2c1=O)CCC(C(C)(C)C)C3. The molecule has 0 fully saturated rings. The summed E-state index contributed by atoms with van der Waals surface area (Å²) in [5, 5.41) is 3.95. The fraction of sp³-hybridized carbons (Fsp3) is 0.435. The fourth-order valence-corrected chi connectivity index (χ4v) is 5.56. The van der Waals surface area contributed by atoms with Crippen molar-refractivity contribution in [2.24, 2.45) is 11.3 Å². The van der Waals surface area contributed by atoms with E-state index in [4.69, 9.17) is 11.6 Å². The van der Waals surface area contributed by atoms with Crippen molar-refractivity contribution in [2.75, 3.05) is 5.32 Å². The van der Waals surface area contributed by atoms with Crippen LogP contribution in [0.15, 0.2) is 35.4 Å². The molecule has 2 atom stereocenters. The Morgan fingerprint density at radius 3 is 2.77 bits per heavy atom. The summed E-state index contributed by atoms with van der Waals surface area (Å²) in [5.74, 6) is 0.295. The zero-order valence-corrected chi connectivity index (χ0v) is 19.2. The molecular weight excluding hydrogens is 418 g/mol. The summed E-state index contributed by atoms with van der Waals surface area (Å²) in [6.07, 6.45) is 4.43. The van der Waals surface area contributed by atoms with Crippen LogP contribution in [-0.4, -0.2) is 15.5 Å². The van der Waals surface area contributed by atoms with Crippen LogP contribution in [0.5, 0.6) is 0 Å². The van der Waals surface area contributed by atoms with E-state index in [2.05, 4.69) is 31.1 Å². The summed E-state index contributed by atoms with van der Waals surface area (Å²) >= 11 is 7.77. The molecular formula is C23H26ClN3O2S. The number of benzene rings is 1. The van der Waals surface area contributed by atoms with Crippen LogP contribution in [0.2, 0.25) is 5.02 Å². The molecule has 3 aromatic rings. The van der Waals surface area contributed by atoms with E-state index in [0.29, 0.717) is 22.0 Å². The molecule has 7 heteroatoms. The number of nitrogens with one attached hydrogen (secondary N) is 1. The van der Waals surface area contributed by atoms with Gasteiger partial charge in [-0.05, 0) is 55.2 Å². The van der Waals surface area contributed by atoms with Gasteiger partial charge in [-0.3, -0.25) is 14.2 Å². The van der Waals surface area contributed by atoms with Crippen molar-refractivity contribution in [1.82, 2.24) is 9.55 Å². The van der Waals surface area contributed by atoms with Gasteiger partial charge in [-0.25, -0.2) is 4.98 Å². The van der Waals surface area contributed by atoms with Crippen molar-refractivity contribution >= 4 is 44.7 Å². The molecule has 2 unspecified atom stereocenters. The number of aryl methyl sites for hydroxylation is 1. The highest BCUT2D eigenvalue weighted by atomic mass is 35.5. The molecule has 1 aliphatic rings. The minimum absolute atomic E-state index is 0.145. The first-order valence-corrected chi connectivity index (χ1v) is 11.4. The van der Waals surface area contributed by atoms with Crippen LogP contribution in [0.3, 0.4) is 0 Å². The minimum atomic E-state index is -0.702. The average Bonchev–Trinajstić information content (AvgIpc) is 3.07. The first kappa shape index (κ1) is 21.1. The largest absolute Gasteiger partial charge is 0.323 e. The number of amides is 1. The molecule has 0 saturated carbocycles. The molecule has 0 spiro atoms. The summed E-state index contributed by atoms with van der Waals surface area (Å²) < 4.78 is 1.43. The van der Waals surface area contributed by atoms with Gasteiger partial charge in [-0.2, -0.15) is 0 Å². The number of nitrogens with zero attached hydrogens (tertiary/aromatic N) is 2. The third-order valence-corrected chi connectivity index (χ3v) is 7.64. The molecule has 0 saturated heterocycles. The maximum atomic E-state index is 13.3. The minimum Gasteiger partial charge on any atom is -0.323 e. The zero-order valence-electron chi connectivity index (χ0n) is 17.7. The second kappa shape index (κ2) is 7.82. The average molecular weight is 444 g/mol. The number of carbonyl (C=O) groups excluding carboxylic acids is 1. The van der Waals surface area contributed by atoms with Gasteiger partial charge < -0.3 is 5.32 Å². The molecule has 0 aliphatic heterocycles. The molecule has 5 nitrogen and oxygen atoms in total. The highest BCUT2D eigenvalue weighted by molar-refractivity contribution is 7.18. The number of para-hydroxylation sites is 1. The quantitative estimate of drug-likeness (QED) is 0.584. The Labute approximate surface area is 185 Å². The normalized spacial score (nSPS) is 17.6. The third-order valence-electron chi connectivity index (χ3n) is 6.15. The molecule has 4 rings (SSSR count). The van der Waals surface area contributed by atoms with E-state index in [1.165, 1.54) is 15.8 Å². The van der Waals surface area contributed by atoms with Gasteiger partial charge in [0.25, 0.3) is 5.56 Å². The maximum Gasteiger partial charge on any atom is 0.263 e. The predicted octanol–water partition coefficient (Wildman–Crippen LogP) is 5.46. The van der Waals surface area contributed by atoms with Crippen LogP contribution >= 0.6 is 22.9 Å². The Hall–Kier alpha value is -2.18. The summed E-state index contributed by atoms with van der Waals surface area (Å²) in [5.41, 5.74) is 1.75. The molecule has 2 heterocycles. The van der Waals surface area contributed by atoms with Crippen molar-refractivity contribution in [1.29, 1.82) is 0 Å². The number of hydrogen-bond donors (Lipinski definition) is 1. The van der Waals surface area contributed by atoms with Crippen molar-refractivity contribution in [3.05, 3.63) is 56.4 Å². The van der Waals surface area contributed by atoms with E-state index in [-0.39, 0.29) is 16.9 Å². The van der Waals surface area contributed by atoms with Crippen molar-refractivity contribution in [3.8, 4) is 0 Å². The maximum absolute atomic E-state index is 13.3. The number of hydrogen-bond acceptors (Lipinski definition) is 4. The predicted molar refractivity (Wildman–Crippen MR) is 124 cm³/mol. The lowest BCUT2D eigenvalue weighted by Crippen LogP contribution is -2.32. The number of carbonyl (C=O) groups is 1. The van der Waals surface area contributed by atoms with Crippen LogP contribution in [0.4, 0.5) is 5.69 Å². The lowest BCUT2D eigenvalue weighted by atomic mass is 9.72. The molecule has 30 heavy (non-hydrogen) atoms. The number of aromatic nitrogens is 2. The van der Waals surface area contributed by atoms with Gasteiger partial charge in [-0.15, -0.1) is 11.3 Å². The van der Waals surface area contributed by atoms with Crippen LogP contribution in [0.25, 0.3) is 10.2 Å². The third kappa shape index (κ3) is 3.79. The summed E-state index contributed by atoms with van der Waals surface area (Å²) in [6, 6.07) is 6.34. The second-order valence-electron chi connectivity index (χ2n) is 9.09. The van der Waals surface area contributed by atoms with Crippen LogP contribution < -0.4 is 10.9 Å². The standard InChI is InChI=1S/C23H26ClN3O2S/c1-13(20(28)26-17-8-6-5-7-16(17)24)27-12-25-21-19(22(27)29)15-10-9-14(23(2,3)4)11-18(15)30-21/h5-8,12-14H,9-11H2,1-4H3,(H,26,28). The monoisotopic (exact) mass is 443 g/mol. The van der Waals surface area contributed by atoms with Gasteiger partial charge in [0.15, 0.2) is 0 Å². The van der Waals surface area contributed by atoms with Crippen LogP contribution in [0, 0.1) is 11.3 Å². The molecule has 0 radical (unpaired) electrons. The Morgan fingerprint density at radius 1 is 1.33 bits per heavy atom. The lowest BCUT2D eigenvalue weighted by Gasteiger charge is -2.33. The van der Waals surface area contributed by atoms with Crippen molar-refractivity contribution < 1.29 is 4.79 Å². The van der Waals surface area contributed by atoms with E-state index in [1.807, 2.05) is 0 Å². The Balaban J connectivity index is 1.66. The smallest absolute Gasteiger partial charge is 0.263 e. The number of rotatable bonds is 3. The Morgan fingerprint density at radius 2 is 2.07 bits per heavy atom. The summed E-state index contributed by atoms with van der Waals surface area (Å²) in [7, 11) is 0. The van der Waals surface area contributed by atoms with Gasteiger partial charge >= 0.3 is 0 Å². The second-order valence-corrected chi connectivity index (χ2v) is 10.6. The van der Waals surface area contributed by atoms with E-state index in [1.54, 1.807) is 42.5 Å². The zero-order chi connectivity index (χ0) is 21.6. The molecule has 1 aliphatic carbocycles. The van der Waals surface area contributed by atoms with E-state index < -0.39 is 6.04 Å². The van der Waals surface area contributed by atoms with E-state index in [9.17, 15) is 9.59 Å². The lowest BCUT2D eigenvalue weighted by molar-refractivity contribution is -0.118. The van der Waals surface area contributed by atoms with Gasteiger partial charge in [0.2, 0.25) is 5.91 Å². The van der Waals surface area contributed by atoms with E-state index >= 15 is 0 Å². The van der Waals surface area contributed by atoms with Gasteiger partial charge in [0.1, 0.15) is 10.9 Å². The molecule has 158 valence electrons. The van der Waals surface area contributed by atoms with Crippen LogP contribution in [-0.2, 0) is 17.6 Å². The highest BCUT2D eigenvalue weighted by Gasteiger charge is 2.32. The van der Waals surface area contributed by atoms with Gasteiger partial charge in [0, 0.05) is 4.88 Å². The topological polar surface area (TPSA) is 64.0 Å². The first-order chi connectivity index (χ1) is 14.2. The van der Waals surface area contributed by atoms with Gasteiger partial charge in [0.05, 0.1) is 22.4 Å². The van der Waals surface area contributed by atoms with Crippen LogP contribution in [0.1, 0.15) is 50.6 Å². The number of anilines is 1. The van der Waals surface area contributed by atoms with Gasteiger partial charge in [-0.1, -0.05) is 44.5 Å². The summed E-state index contributed by atoms with van der Waals surface area (Å²) in [4.78, 5) is 32.7. The highest BCUT2D eigenvalue weighted by Crippen LogP contribution is 2.42. The molecule has 0 bridgehead atoms.